The zero-order valence-electron chi connectivity index (χ0n) is 17.4. The molecule has 1 aliphatic heterocycles. The normalized spacial score (nSPS) is 16.7. The summed E-state index contributed by atoms with van der Waals surface area (Å²) in [6, 6.07) is 18.9. The molecule has 1 atom stereocenters. The maximum Gasteiger partial charge on any atom is 0.191 e. The van der Waals surface area contributed by atoms with E-state index in [-0.39, 0.29) is 0 Å². The molecular weight excluding hydrogens is 364 g/mol. The summed E-state index contributed by atoms with van der Waals surface area (Å²) >= 11 is 0. The van der Waals surface area contributed by atoms with E-state index in [4.69, 9.17) is 9.47 Å². The Hall–Kier alpha value is -2.73. The lowest BCUT2D eigenvalue weighted by Crippen LogP contribution is -2.44. The maximum atomic E-state index is 5.78. The first kappa shape index (κ1) is 21.0. The first-order chi connectivity index (χ1) is 14.3. The molecule has 1 fully saturated rings. The second-order valence-electron chi connectivity index (χ2n) is 7.04. The number of para-hydroxylation sites is 2. The molecule has 1 heterocycles. The van der Waals surface area contributed by atoms with Crippen molar-refractivity contribution in [3.8, 4) is 5.75 Å². The molecule has 0 bridgehead atoms. The largest absolute Gasteiger partial charge is 0.496 e. The van der Waals surface area contributed by atoms with Gasteiger partial charge in [-0.3, -0.25) is 4.99 Å². The molecule has 0 amide bonds. The van der Waals surface area contributed by atoms with Crippen LogP contribution in [0.1, 0.15) is 18.9 Å². The molecule has 6 nitrogen and oxygen atoms in total. The van der Waals surface area contributed by atoms with Gasteiger partial charge in [0.05, 0.1) is 26.9 Å². The van der Waals surface area contributed by atoms with Gasteiger partial charge in [-0.05, 0) is 31.5 Å². The summed E-state index contributed by atoms with van der Waals surface area (Å²) in [6.45, 7) is 6.67. The van der Waals surface area contributed by atoms with Gasteiger partial charge in [0.25, 0.3) is 0 Å². The number of aliphatic imine (C=N–C) groups is 1. The van der Waals surface area contributed by atoms with Crippen molar-refractivity contribution in [3.63, 3.8) is 0 Å². The van der Waals surface area contributed by atoms with Gasteiger partial charge in [-0.1, -0.05) is 36.4 Å². The Kier molecular flexibility index (Phi) is 8.19. The molecule has 0 aromatic heterocycles. The molecule has 0 spiro atoms. The number of nitrogens with one attached hydrogen (secondary N) is 2. The van der Waals surface area contributed by atoms with E-state index < -0.39 is 0 Å². The summed E-state index contributed by atoms with van der Waals surface area (Å²) in [5.74, 6) is 1.71. The molecule has 0 aliphatic carbocycles. The van der Waals surface area contributed by atoms with Crippen molar-refractivity contribution in [3.05, 3.63) is 60.2 Å². The lowest BCUT2D eigenvalue weighted by molar-refractivity contribution is 0.126. The van der Waals surface area contributed by atoms with E-state index in [1.54, 1.807) is 7.11 Å². The average molecular weight is 397 g/mol. The van der Waals surface area contributed by atoms with Crippen LogP contribution in [0.3, 0.4) is 0 Å². The van der Waals surface area contributed by atoms with Gasteiger partial charge in [-0.15, -0.1) is 0 Å². The SMILES string of the molecule is CCNC(=NCCOCc1ccccc1OC)NC1CCN(c2ccccc2)C1. The fourth-order valence-electron chi connectivity index (χ4n) is 3.49. The maximum absolute atomic E-state index is 5.78. The molecule has 2 N–H and O–H groups in total. The molecule has 0 saturated carbocycles. The second kappa shape index (κ2) is 11.3. The highest BCUT2D eigenvalue weighted by atomic mass is 16.5. The molecular formula is C23H32N4O2. The number of ether oxygens (including phenoxy) is 2. The van der Waals surface area contributed by atoms with Crippen LogP contribution in [-0.4, -0.2) is 51.9 Å². The van der Waals surface area contributed by atoms with Crippen LogP contribution < -0.4 is 20.3 Å². The lowest BCUT2D eigenvalue weighted by atomic mass is 10.2. The number of guanidine groups is 1. The van der Waals surface area contributed by atoms with Crippen LogP contribution in [0.15, 0.2) is 59.6 Å². The number of benzene rings is 2. The molecule has 1 aliphatic rings. The quantitative estimate of drug-likeness (QED) is 0.388. The Morgan fingerprint density at radius 3 is 2.72 bits per heavy atom. The van der Waals surface area contributed by atoms with Crippen LogP contribution >= 0.6 is 0 Å². The molecule has 6 heteroatoms. The number of nitrogens with zero attached hydrogens (tertiary/aromatic N) is 2. The van der Waals surface area contributed by atoms with Crippen LogP contribution in [0.25, 0.3) is 0 Å². The van der Waals surface area contributed by atoms with E-state index in [1.807, 2.05) is 24.3 Å². The fraction of sp³-hybridized carbons (Fsp3) is 0.435. The zero-order chi connectivity index (χ0) is 20.3. The molecule has 1 unspecified atom stereocenters. The van der Waals surface area contributed by atoms with E-state index in [1.165, 1.54) is 5.69 Å². The minimum atomic E-state index is 0.391. The van der Waals surface area contributed by atoms with Gasteiger partial charge < -0.3 is 25.0 Å². The van der Waals surface area contributed by atoms with Gasteiger partial charge in [0, 0.05) is 36.9 Å². The van der Waals surface area contributed by atoms with Crippen LogP contribution in [-0.2, 0) is 11.3 Å². The van der Waals surface area contributed by atoms with Crippen LogP contribution in [0, 0.1) is 0 Å². The summed E-state index contributed by atoms with van der Waals surface area (Å²) in [6.07, 6.45) is 1.10. The van der Waals surface area contributed by atoms with Gasteiger partial charge in [0.15, 0.2) is 5.96 Å². The molecule has 3 rings (SSSR count). The van der Waals surface area contributed by atoms with Gasteiger partial charge in [0.1, 0.15) is 5.75 Å². The minimum absolute atomic E-state index is 0.391. The van der Waals surface area contributed by atoms with Crippen molar-refractivity contribution in [1.29, 1.82) is 0 Å². The van der Waals surface area contributed by atoms with E-state index >= 15 is 0 Å². The minimum Gasteiger partial charge on any atom is -0.496 e. The Balaban J connectivity index is 1.44. The average Bonchev–Trinajstić information content (AvgIpc) is 3.23. The van der Waals surface area contributed by atoms with Crippen molar-refractivity contribution in [1.82, 2.24) is 10.6 Å². The van der Waals surface area contributed by atoms with E-state index in [0.717, 1.165) is 43.3 Å². The van der Waals surface area contributed by atoms with E-state index in [0.29, 0.717) is 25.8 Å². The second-order valence-corrected chi connectivity index (χ2v) is 7.04. The van der Waals surface area contributed by atoms with Crippen LogP contribution in [0.2, 0.25) is 0 Å². The summed E-state index contributed by atoms with van der Waals surface area (Å²) in [4.78, 5) is 7.08. The summed E-state index contributed by atoms with van der Waals surface area (Å²) in [5, 5.41) is 6.90. The molecule has 2 aromatic rings. The number of hydrogen-bond acceptors (Lipinski definition) is 4. The van der Waals surface area contributed by atoms with Gasteiger partial charge in [-0.25, -0.2) is 0 Å². The number of anilines is 1. The van der Waals surface area contributed by atoms with Crippen molar-refractivity contribution < 1.29 is 9.47 Å². The fourth-order valence-corrected chi connectivity index (χ4v) is 3.49. The Morgan fingerprint density at radius 1 is 1.14 bits per heavy atom. The monoisotopic (exact) mass is 396 g/mol. The number of hydrogen-bond donors (Lipinski definition) is 2. The highest BCUT2D eigenvalue weighted by Crippen LogP contribution is 2.20. The molecule has 2 aromatic carbocycles. The number of rotatable bonds is 9. The zero-order valence-corrected chi connectivity index (χ0v) is 17.4. The smallest absolute Gasteiger partial charge is 0.191 e. The molecule has 1 saturated heterocycles. The standard InChI is InChI=1S/C23H32N4O2/c1-3-24-23(25-14-16-29-18-19-9-7-8-12-22(19)28-2)26-20-13-15-27(17-20)21-10-5-4-6-11-21/h4-12,20H,3,13-18H2,1-2H3,(H2,24,25,26). The third-order valence-corrected chi connectivity index (χ3v) is 4.95. The molecule has 29 heavy (non-hydrogen) atoms. The predicted molar refractivity (Wildman–Crippen MR) is 119 cm³/mol. The summed E-state index contributed by atoms with van der Waals surface area (Å²) in [5.41, 5.74) is 2.33. The highest BCUT2D eigenvalue weighted by molar-refractivity contribution is 5.80. The first-order valence-corrected chi connectivity index (χ1v) is 10.3. The van der Waals surface area contributed by atoms with Crippen LogP contribution in [0.4, 0.5) is 5.69 Å². The van der Waals surface area contributed by atoms with Crippen molar-refractivity contribution in [2.75, 3.05) is 44.8 Å². The van der Waals surface area contributed by atoms with Crippen molar-refractivity contribution in [2.24, 2.45) is 4.99 Å². The lowest BCUT2D eigenvalue weighted by Gasteiger charge is -2.20. The molecule has 156 valence electrons. The topological polar surface area (TPSA) is 58.1 Å². The number of methoxy groups -OCH3 is 1. The predicted octanol–water partition coefficient (Wildman–Crippen LogP) is 3.05. The first-order valence-electron chi connectivity index (χ1n) is 10.3. The van der Waals surface area contributed by atoms with E-state index in [9.17, 15) is 0 Å². The third kappa shape index (κ3) is 6.39. The van der Waals surface area contributed by atoms with Crippen molar-refractivity contribution >= 4 is 11.6 Å². The van der Waals surface area contributed by atoms with E-state index in [2.05, 4.69) is 57.8 Å². The Bertz CT molecular complexity index is 766. The van der Waals surface area contributed by atoms with Gasteiger partial charge >= 0.3 is 0 Å². The van der Waals surface area contributed by atoms with Gasteiger partial charge in [-0.2, -0.15) is 0 Å². The Morgan fingerprint density at radius 2 is 1.93 bits per heavy atom. The highest BCUT2D eigenvalue weighted by Gasteiger charge is 2.23. The van der Waals surface area contributed by atoms with Crippen LogP contribution in [0.5, 0.6) is 5.75 Å². The third-order valence-electron chi connectivity index (χ3n) is 4.95. The van der Waals surface area contributed by atoms with Crippen molar-refractivity contribution in [2.45, 2.75) is 26.0 Å². The summed E-state index contributed by atoms with van der Waals surface area (Å²) in [7, 11) is 1.68. The summed E-state index contributed by atoms with van der Waals surface area (Å²) < 4.78 is 11.1. The molecule has 0 radical (unpaired) electrons. The van der Waals surface area contributed by atoms with Gasteiger partial charge in [0.2, 0.25) is 0 Å². The Labute approximate surface area is 173 Å².